The van der Waals surface area contributed by atoms with Crippen LogP contribution in [0.3, 0.4) is 0 Å². The van der Waals surface area contributed by atoms with Crippen LogP contribution in [0.5, 0.6) is 0 Å². The van der Waals surface area contributed by atoms with Crippen LogP contribution < -0.4 is 0 Å². The molecule has 1 saturated heterocycles. The number of rotatable bonds is 3. The van der Waals surface area contributed by atoms with Crippen molar-refractivity contribution in [1.82, 2.24) is 9.80 Å². The van der Waals surface area contributed by atoms with E-state index in [0.717, 1.165) is 0 Å². The molecule has 1 aliphatic rings. The van der Waals surface area contributed by atoms with Gasteiger partial charge < -0.3 is 19.0 Å². The van der Waals surface area contributed by atoms with Crippen molar-refractivity contribution in [1.29, 1.82) is 0 Å². The molecule has 1 fully saturated rings. The lowest BCUT2D eigenvalue weighted by molar-refractivity contribution is 0.0555. The normalized spacial score (nSPS) is 15.2. The number of furan rings is 1. The Hall–Kier alpha value is -2.24. The minimum absolute atomic E-state index is 0.149. The molecule has 0 N–H and O–H groups in total. The average molecular weight is 264 g/mol. The number of ether oxygens (including phenoxy) is 1. The van der Waals surface area contributed by atoms with Crippen LogP contribution in [0.25, 0.3) is 0 Å². The summed E-state index contributed by atoms with van der Waals surface area (Å²) in [5, 5.41) is 0. The van der Waals surface area contributed by atoms with Gasteiger partial charge in [-0.15, -0.1) is 0 Å². The topological polar surface area (TPSA) is 63.0 Å². The van der Waals surface area contributed by atoms with Gasteiger partial charge >= 0.3 is 6.09 Å². The predicted octanol–water partition coefficient (Wildman–Crippen LogP) is 1.36. The fourth-order valence-electron chi connectivity index (χ4n) is 1.87. The second-order valence-corrected chi connectivity index (χ2v) is 4.12. The van der Waals surface area contributed by atoms with Gasteiger partial charge in [0.1, 0.15) is 6.61 Å². The van der Waals surface area contributed by atoms with Crippen molar-refractivity contribution in [3.63, 3.8) is 0 Å². The zero-order valence-corrected chi connectivity index (χ0v) is 10.6. The Labute approximate surface area is 111 Å². The molecule has 0 aromatic carbocycles. The van der Waals surface area contributed by atoms with Gasteiger partial charge in [-0.3, -0.25) is 4.79 Å². The molecule has 2 amide bonds. The molecule has 6 heteroatoms. The lowest BCUT2D eigenvalue weighted by Crippen LogP contribution is -2.50. The van der Waals surface area contributed by atoms with Crippen molar-refractivity contribution in [3.8, 4) is 0 Å². The summed E-state index contributed by atoms with van der Waals surface area (Å²) in [5.41, 5.74) is 0. The van der Waals surface area contributed by atoms with Gasteiger partial charge in [0.25, 0.3) is 5.91 Å². The van der Waals surface area contributed by atoms with Crippen LogP contribution in [0.15, 0.2) is 35.5 Å². The first-order valence-electron chi connectivity index (χ1n) is 6.07. The Bertz CT molecular complexity index is 447. The quantitative estimate of drug-likeness (QED) is 0.773. The van der Waals surface area contributed by atoms with Gasteiger partial charge in [0.05, 0.1) is 6.26 Å². The number of carbonyl (C=O) groups is 2. The summed E-state index contributed by atoms with van der Waals surface area (Å²) in [6.07, 6.45) is 2.62. The highest BCUT2D eigenvalue weighted by Crippen LogP contribution is 2.10. The summed E-state index contributed by atoms with van der Waals surface area (Å²) in [6, 6.07) is 3.31. The van der Waals surface area contributed by atoms with Crippen molar-refractivity contribution >= 4 is 12.0 Å². The van der Waals surface area contributed by atoms with E-state index in [1.165, 1.54) is 12.3 Å². The highest BCUT2D eigenvalue weighted by Gasteiger charge is 2.26. The number of hydrogen-bond acceptors (Lipinski definition) is 4. The van der Waals surface area contributed by atoms with Gasteiger partial charge in [0, 0.05) is 26.2 Å². The molecule has 2 rings (SSSR count). The third-order valence-electron chi connectivity index (χ3n) is 2.88. The van der Waals surface area contributed by atoms with E-state index in [-0.39, 0.29) is 18.6 Å². The molecule has 1 aromatic heterocycles. The number of piperazine rings is 1. The van der Waals surface area contributed by atoms with E-state index in [1.54, 1.807) is 21.9 Å². The molecule has 2 heterocycles. The minimum Gasteiger partial charge on any atom is -0.459 e. The Kier molecular flexibility index (Phi) is 4.22. The molecule has 0 atom stereocenters. The van der Waals surface area contributed by atoms with Crippen LogP contribution in [0.2, 0.25) is 0 Å². The second kappa shape index (κ2) is 6.08. The lowest BCUT2D eigenvalue weighted by atomic mass is 10.3. The van der Waals surface area contributed by atoms with E-state index in [4.69, 9.17) is 9.15 Å². The second-order valence-electron chi connectivity index (χ2n) is 4.12. The van der Waals surface area contributed by atoms with Gasteiger partial charge in [-0.05, 0) is 12.1 Å². The Morgan fingerprint density at radius 1 is 1.32 bits per heavy atom. The smallest absolute Gasteiger partial charge is 0.410 e. The van der Waals surface area contributed by atoms with E-state index in [0.29, 0.717) is 31.9 Å². The maximum atomic E-state index is 12.0. The fourth-order valence-corrected chi connectivity index (χ4v) is 1.87. The fraction of sp³-hybridized carbons (Fsp3) is 0.385. The summed E-state index contributed by atoms with van der Waals surface area (Å²) in [7, 11) is 0. The van der Waals surface area contributed by atoms with E-state index < -0.39 is 0 Å². The molecule has 0 spiro atoms. The van der Waals surface area contributed by atoms with Crippen LogP contribution in [-0.4, -0.2) is 54.6 Å². The predicted molar refractivity (Wildman–Crippen MR) is 67.7 cm³/mol. The van der Waals surface area contributed by atoms with Crippen molar-refractivity contribution < 1.29 is 18.7 Å². The third kappa shape index (κ3) is 3.15. The molecule has 19 heavy (non-hydrogen) atoms. The summed E-state index contributed by atoms with van der Waals surface area (Å²) < 4.78 is 10.0. The SMILES string of the molecule is C=CCOC(=O)N1CCN(C(=O)c2ccco2)CC1. The molecule has 6 nitrogen and oxygen atoms in total. The molecular weight excluding hydrogens is 248 g/mol. The number of amides is 2. The maximum absolute atomic E-state index is 12.0. The van der Waals surface area contributed by atoms with E-state index >= 15 is 0 Å². The molecule has 0 radical (unpaired) electrons. The summed E-state index contributed by atoms with van der Waals surface area (Å²) in [5.74, 6) is 0.173. The first kappa shape index (κ1) is 13.2. The zero-order chi connectivity index (χ0) is 13.7. The van der Waals surface area contributed by atoms with Gasteiger partial charge in [0.15, 0.2) is 5.76 Å². The monoisotopic (exact) mass is 264 g/mol. The molecule has 0 unspecified atom stereocenters. The maximum Gasteiger partial charge on any atom is 0.410 e. The van der Waals surface area contributed by atoms with E-state index in [1.807, 2.05) is 0 Å². The largest absolute Gasteiger partial charge is 0.459 e. The highest BCUT2D eigenvalue weighted by molar-refractivity contribution is 5.91. The van der Waals surface area contributed by atoms with Gasteiger partial charge in [0.2, 0.25) is 0 Å². The molecular formula is C13H16N2O4. The highest BCUT2D eigenvalue weighted by atomic mass is 16.6. The third-order valence-corrected chi connectivity index (χ3v) is 2.88. The minimum atomic E-state index is -0.370. The molecule has 0 bridgehead atoms. The lowest BCUT2D eigenvalue weighted by Gasteiger charge is -2.33. The first-order chi connectivity index (χ1) is 9.22. The summed E-state index contributed by atoms with van der Waals surface area (Å²) >= 11 is 0. The van der Waals surface area contributed by atoms with Crippen LogP contribution in [-0.2, 0) is 4.74 Å². The van der Waals surface area contributed by atoms with Crippen molar-refractivity contribution in [3.05, 3.63) is 36.8 Å². The molecule has 0 aliphatic carbocycles. The van der Waals surface area contributed by atoms with Crippen LogP contribution in [0, 0.1) is 0 Å². The number of carbonyl (C=O) groups excluding carboxylic acids is 2. The average Bonchev–Trinajstić information content (AvgIpc) is 2.98. The van der Waals surface area contributed by atoms with Crippen molar-refractivity contribution in [2.24, 2.45) is 0 Å². The summed E-state index contributed by atoms with van der Waals surface area (Å²) in [6.45, 7) is 5.55. The Morgan fingerprint density at radius 2 is 2.00 bits per heavy atom. The van der Waals surface area contributed by atoms with Gasteiger partial charge in [-0.25, -0.2) is 4.79 Å². The van der Waals surface area contributed by atoms with Crippen LogP contribution in [0.4, 0.5) is 4.79 Å². The van der Waals surface area contributed by atoms with Crippen LogP contribution in [0.1, 0.15) is 10.6 Å². The van der Waals surface area contributed by atoms with E-state index in [2.05, 4.69) is 6.58 Å². The van der Waals surface area contributed by atoms with Crippen molar-refractivity contribution in [2.75, 3.05) is 32.8 Å². The van der Waals surface area contributed by atoms with Crippen molar-refractivity contribution in [2.45, 2.75) is 0 Å². The Morgan fingerprint density at radius 3 is 2.58 bits per heavy atom. The standard InChI is InChI=1S/C13H16N2O4/c1-2-9-19-13(17)15-7-5-14(6-8-15)12(16)11-4-3-10-18-11/h2-4,10H,1,5-9H2. The molecule has 1 aliphatic heterocycles. The number of nitrogens with zero attached hydrogens (tertiary/aromatic N) is 2. The summed E-state index contributed by atoms with van der Waals surface area (Å²) in [4.78, 5) is 26.8. The van der Waals surface area contributed by atoms with Crippen LogP contribution >= 0.6 is 0 Å². The molecule has 102 valence electrons. The van der Waals surface area contributed by atoms with Gasteiger partial charge in [-0.2, -0.15) is 0 Å². The molecule has 0 saturated carbocycles. The number of hydrogen-bond donors (Lipinski definition) is 0. The van der Waals surface area contributed by atoms with E-state index in [9.17, 15) is 9.59 Å². The Balaban J connectivity index is 1.84. The first-order valence-corrected chi connectivity index (χ1v) is 6.07. The molecule has 1 aromatic rings. The zero-order valence-electron chi connectivity index (χ0n) is 10.6. The van der Waals surface area contributed by atoms with Gasteiger partial charge in [-0.1, -0.05) is 12.7 Å².